The summed E-state index contributed by atoms with van der Waals surface area (Å²) < 4.78 is 1.82. The van der Waals surface area contributed by atoms with Gasteiger partial charge in [-0.2, -0.15) is 5.10 Å². The molecule has 164 valence electrons. The first-order chi connectivity index (χ1) is 15.1. The highest BCUT2D eigenvalue weighted by Crippen LogP contribution is 2.26. The van der Waals surface area contributed by atoms with Gasteiger partial charge < -0.3 is 4.90 Å². The number of aromatic nitrogens is 3. The number of rotatable bonds is 5. The van der Waals surface area contributed by atoms with Crippen molar-refractivity contribution in [2.24, 2.45) is 0 Å². The highest BCUT2D eigenvalue weighted by atomic mass is 16.2. The summed E-state index contributed by atoms with van der Waals surface area (Å²) in [4.78, 5) is 35.4. The minimum atomic E-state index is -0.0584. The number of Topliss-reactive ketones (excluding diaryl/α,β-unsaturated/α-hetero) is 1. The molecular formula is C23H30N6O2. The lowest BCUT2D eigenvalue weighted by molar-refractivity contribution is -0.135. The van der Waals surface area contributed by atoms with Gasteiger partial charge in [0.05, 0.1) is 17.9 Å². The van der Waals surface area contributed by atoms with Crippen LogP contribution in [0, 0.1) is 0 Å². The van der Waals surface area contributed by atoms with Crippen LogP contribution < -0.4 is 0 Å². The second-order valence-electron chi connectivity index (χ2n) is 8.96. The van der Waals surface area contributed by atoms with Crippen molar-refractivity contribution in [1.29, 1.82) is 0 Å². The second-order valence-corrected chi connectivity index (χ2v) is 8.96. The summed E-state index contributed by atoms with van der Waals surface area (Å²) in [7, 11) is 0. The predicted octanol–water partition coefficient (Wildman–Crippen LogP) is 1.52. The summed E-state index contributed by atoms with van der Waals surface area (Å²) in [5.74, 6) is 0.182. The summed E-state index contributed by atoms with van der Waals surface area (Å²) in [5, 5.41) is 4.71. The Morgan fingerprint density at radius 1 is 1.13 bits per heavy atom. The summed E-state index contributed by atoms with van der Waals surface area (Å²) in [6.07, 6.45) is 8.50. The van der Waals surface area contributed by atoms with Crippen LogP contribution in [0.5, 0.6) is 0 Å². The molecule has 0 N–H and O–H groups in total. The number of hydrogen-bond donors (Lipinski definition) is 0. The third-order valence-electron chi connectivity index (χ3n) is 6.92. The molecule has 2 aliphatic heterocycles. The Morgan fingerprint density at radius 3 is 2.65 bits per heavy atom. The van der Waals surface area contributed by atoms with Gasteiger partial charge in [-0.1, -0.05) is 6.42 Å². The SMILES string of the molecule is CC(=O)c1cc(-n2cc3c(n2)CCN(CC(=O)N2CCN(C4CCC4)CC2)C3)ccn1. The predicted molar refractivity (Wildman–Crippen MR) is 116 cm³/mol. The molecule has 0 unspecified atom stereocenters. The number of hydrogen-bond acceptors (Lipinski definition) is 6. The Morgan fingerprint density at radius 2 is 1.94 bits per heavy atom. The number of pyridine rings is 1. The zero-order valence-corrected chi connectivity index (χ0v) is 18.2. The lowest BCUT2D eigenvalue weighted by atomic mass is 9.91. The van der Waals surface area contributed by atoms with Crippen molar-refractivity contribution in [3.8, 4) is 5.69 Å². The molecule has 8 heteroatoms. The van der Waals surface area contributed by atoms with Gasteiger partial charge in [0, 0.05) is 76.6 Å². The molecular weight excluding hydrogens is 392 g/mol. The Kier molecular flexibility index (Phi) is 5.58. The van der Waals surface area contributed by atoms with E-state index in [0.717, 1.165) is 68.7 Å². The molecule has 0 atom stereocenters. The molecule has 8 nitrogen and oxygen atoms in total. The molecule has 1 aliphatic carbocycles. The Labute approximate surface area is 182 Å². The second kappa shape index (κ2) is 8.51. The summed E-state index contributed by atoms with van der Waals surface area (Å²) >= 11 is 0. The average Bonchev–Trinajstić information content (AvgIpc) is 3.16. The molecule has 2 fully saturated rings. The topological polar surface area (TPSA) is 74.6 Å². The maximum atomic E-state index is 12.9. The molecule has 0 aromatic carbocycles. The van der Waals surface area contributed by atoms with E-state index < -0.39 is 0 Å². The molecule has 4 heterocycles. The van der Waals surface area contributed by atoms with Crippen molar-refractivity contribution in [2.45, 2.75) is 45.2 Å². The number of amides is 1. The van der Waals surface area contributed by atoms with Crippen molar-refractivity contribution in [1.82, 2.24) is 29.5 Å². The number of nitrogens with zero attached hydrogens (tertiary/aromatic N) is 6. The van der Waals surface area contributed by atoms with Crippen molar-refractivity contribution in [2.75, 3.05) is 39.3 Å². The molecule has 0 bridgehead atoms. The van der Waals surface area contributed by atoms with Gasteiger partial charge in [-0.25, -0.2) is 4.68 Å². The van der Waals surface area contributed by atoms with E-state index in [0.29, 0.717) is 12.2 Å². The van der Waals surface area contributed by atoms with Gasteiger partial charge >= 0.3 is 0 Å². The van der Waals surface area contributed by atoms with Crippen molar-refractivity contribution < 1.29 is 9.59 Å². The van der Waals surface area contributed by atoms with E-state index in [4.69, 9.17) is 5.10 Å². The van der Waals surface area contributed by atoms with Gasteiger partial charge in [0.15, 0.2) is 5.78 Å². The highest BCUT2D eigenvalue weighted by Gasteiger charge is 2.30. The summed E-state index contributed by atoms with van der Waals surface area (Å²) in [5.41, 5.74) is 3.49. The van der Waals surface area contributed by atoms with E-state index >= 15 is 0 Å². The average molecular weight is 423 g/mol. The summed E-state index contributed by atoms with van der Waals surface area (Å²) in [6.45, 7) is 7.30. The highest BCUT2D eigenvalue weighted by molar-refractivity contribution is 5.92. The van der Waals surface area contributed by atoms with Gasteiger partial charge in [-0.15, -0.1) is 0 Å². The Bertz CT molecular complexity index is 974. The standard InChI is InChI=1S/C23H30N6O2/c1-17(30)22-13-20(5-7-24-22)29-15-18-14-26(8-6-21(18)25-29)16-23(31)28-11-9-27(10-12-28)19-3-2-4-19/h5,7,13,15,19H,2-4,6,8-12,14,16H2,1H3. The maximum absolute atomic E-state index is 12.9. The van der Waals surface area contributed by atoms with E-state index in [9.17, 15) is 9.59 Å². The van der Waals surface area contributed by atoms with Crippen LogP contribution in [0.15, 0.2) is 24.5 Å². The van der Waals surface area contributed by atoms with E-state index in [2.05, 4.69) is 14.8 Å². The fraction of sp³-hybridized carbons (Fsp3) is 0.565. The fourth-order valence-electron chi connectivity index (χ4n) is 4.77. The van der Waals surface area contributed by atoms with Crippen molar-refractivity contribution in [3.63, 3.8) is 0 Å². The van der Waals surface area contributed by atoms with Crippen molar-refractivity contribution >= 4 is 11.7 Å². The molecule has 0 radical (unpaired) electrons. The minimum absolute atomic E-state index is 0.0584. The lowest BCUT2D eigenvalue weighted by Crippen LogP contribution is -2.55. The van der Waals surface area contributed by atoms with Crippen LogP contribution in [0.4, 0.5) is 0 Å². The number of carbonyl (C=O) groups is 2. The van der Waals surface area contributed by atoms with Crippen LogP contribution in [0.1, 0.15) is 47.9 Å². The zero-order valence-electron chi connectivity index (χ0n) is 18.2. The molecule has 31 heavy (non-hydrogen) atoms. The van der Waals surface area contributed by atoms with Gasteiger partial charge in [0.25, 0.3) is 0 Å². The monoisotopic (exact) mass is 422 g/mol. The van der Waals surface area contributed by atoms with Crippen LogP contribution in [0.2, 0.25) is 0 Å². The van der Waals surface area contributed by atoms with Crippen LogP contribution in [-0.4, -0.2) is 86.5 Å². The fourth-order valence-corrected chi connectivity index (χ4v) is 4.77. The first-order valence-corrected chi connectivity index (χ1v) is 11.4. The van der Waals surface area contributed by atoms with E-state index in [1.54, 1.807) is 12.3 Å². The van der Waals surface area contributed by atoms with E-state index in [1.807, 2.05) is 21.8 Å². The Hall–Kier alpha value is -2.58. The number of carbonyl (C=O) groups excluding carboxylic acids is 2. The molecule has 5 rings (SSSR count). The van der Waals surface area contributed by atoms with E-state index in [-0.39, 0.29) is 11.7 Å². The quantitative estimate of drug-likeness (QED) is 0.681. The largest absolute Gasteiger partial charge is 0.339 e. The molecule has 1 saturated carbocycles. The minimum Gasteiger partial charge on any atom is -0.339 e. The van der Waals surface area contributed by atoms with Crippen LogP contribution in [0.25, 0.3) is 5.69 Å². The smallest absolute Gasteiger partial charge is 0.236 e. The molecule has 2 aromatic heterocycles. The zero-order chi connectivity index (χ0) is 21.4. The third-order valence-corrected chi connectivity index (χ3v) is 6.92. The van der Waals surface area contributed by atoms with Gasteiger partial charge in [0.2, 0.25) is 5.91 Å². The number of ketones is 1. The van der Waals surface area contributed by atoms with Crippen LogP contribution in [0.3, 0.4) is 0 Å². The van der Waals surface area contributed by atoms with E-state index in [1.165, 1.54) is 26.2 Å². The van der Waals surface area contributed by atoms with Crippen LogP contribution >= 0.6 is 0 Å². The van der Waals surface area contributed by atoms with Gasteiger partial charge in [-0.3, -0.25) is 24.4 Å². The van der Waals surface area contributed by atoms with Crippen molar-refractivity contribution in [3.05, 3.63) is 41.5 Å². The first kappa shape index (κ1) is 20.3. The van der Waals surface area contributed by atoms with Gasteiger partial charge in [-0.05, 0) is 25.0 Å². The molecule has 1 saturated heterocycles. The normalized spacial score (nSPS) is 20.4. The maximum Gasteiger partial charge on any atom is 0.236 e. The molecule has 0 spiro atoms. The van der Waals surface area contributed by atoms with Gasteiger partial charge in [0.1, 0.15) is 5.69 Å². The number of piperazine rings is 1. The number of fused-ring (bicyclic) bond motifs is 1. The lowest BCUT2D eigenvalue weighted by Gasteiger charge is -2.43. The molecule has 1 amide bonds. The van der Waals surface area contributed by atoms with Crippen LogP contribution in [-0.2, 0) is 17.8 Å². The molecule has 3 aliphatic rings. The first-order valence-electron chi connectivity index (χ1n) is 11.4. The third kappa shape index (κ3) is 4.27. The Balaban J connectivity index is 1.19. The summed E-state index contributed by atoms with van der Waals surface area (Å²) in [6, 6.07) is 4.39. The molecule has 2 aromatic rings.